The second-order valence-electron chi connectivity index (χ2n) is 8.32. The summed E-state index contributed by atoms with van der Waals surface area (Å²) in [6.45, 7) is 4.27. The van der Waals surface area contributed by atoms with Crippen LogP contribution in [0.15, 0.2) is 0 Å². The average molecular weight is 463 g/mol. The van der Waals surface area contributed by atoms with Crippen molar-refractivity contribution in [3.8, 4) is 0 Å². The van der Waals surface area contributed by atoms with Gasteiger partial charge in [-0.3, -0.25) is 9.59 Å². The second kappa shape index (κ2) is 22.4. The molecule has 0 saturated carbocycles. The average Bonchev–Trinajstić information content (AvgIpc) is 2.72. The van der Waals surface area contributed by atoms with E-state index in [2.05, 4.69) is 12.2 Å². The highest BCUT2D eigenvalue weighted by Gasteiger charge is 2.07. The smallest absolute Gasteiger partial charge is 0.305 e. The molecule has 0 aromatic heterocycles. The lowest BCUT2D eigenvalue weighted by atomic mass is 10.1. The van der Waals surface area contributed by atoms with Crippen molar-refractivity contribution in [1.29, 1.82) is 0 Å². The van der Waals surface area contributed by atoms with E-state index in [1.807, 2.05) is 0 Å². The number of ether oxygens (including phenoxy) is 1. The van der Waals surface area contributed by atoms with Gasteiger partial charge >= 0.3 is 5.97 Å². The number of esters is 1. The van der Waals surface area contributed by atoms with E-state index < -0.39 is 11.2 Å². The number of nitrogens with one attached hydrogen (secondary N) is 2. The van der Waals surface area contributed by atoms with Crippen molar-refractivity contribution in [3.05, 3.63) is 5.21 Å². The van der Waals surface area contributed by atoms with Gasteiger partial charge in [-0.2, -0.15) is 0 Å². The Hall–Kier alpha value is -0.830. The first kappa shape index (κ1) is 30.2. The van der Waals surface area contributed by atoms with Crippen LogP contribution in [0.4, 0.5) is 0 Å². The number of quaternary nitrogens is 1. The molecule has 8 heteroatoms. The first-order valence-corrected chi connectivity index (χ1v) is 13.9. The molecular formula is C23H46N2O5S. The Morgan fingerprint density at radius 2 is 1.45 bits per heavy atom. The Balaban J connectivity index is 3.35. The molecule has 2 N–H and O–H groups in total. The summed E-state index contributed by atoms with van der Waals surface area (Å²) in [5.41, 5.74) is 0. The molecule has 2 unspecified atom stereocenters. The molecule has 0 heterocycles. The summed E-state index contributed by atoms with van der Waals surface area (Å²) in [6.07, 6.45) is 15.9. The molecule has 0 aliphatic heterocycles. The monoisotopic (exact) mass is 462 g/mol. The minimum absolute atomic E-state index is 0.0187. The Morgan fingerprint density at radius 3 is 2.13 bits per heavy atom. The maximum atomic E-state index is 11.8. The van der Waals surface area contributed by atoms with E-state index in [9.17, 15) is 19.3 Å². The number of carbonyl (C=O) groups excluding carboxylic acids is 2. The number of rotatable bonds is 22. The minimum Gasteiger partial charge on any atom is -0.634 e. The summed E-state index contributed by atoms with van der Waals surface area (Å²) in [6, 6.07) is 0. The normalized spacial score (nSPS) is 13.0. The number of hydrogen-bond donors (Lipinski definition) is 2. The quantitative estimate of drug-likeness (QED) is 0.111. The van der Waals surface area contributed by atoms with Crippen LogP contribution < -0.4 is 10.4 Å². The van der Waals surface area contributed by atoms with E-state index in [1.54, 1.807) is 0 Å². The van der Waals surface area contributed by atoms with Crippen molar-refractivity contribution in [2.75, 3.05) is 38.2 Å². The first-order valence-electron chi connectivity index (χ1n) is 12.2. The number of hydrogen-bond acceptors (Lipinski definition) is 5. The zero-order chi connectivity index (χ0) is 23.2. The Kier molecular flexibility index (Phi) is 21.8. The van der Waals surface area contributed by atoms with Gasteiger partial charge in [-0.15, -0.1) is 0 Å². The molecule has 0 aromatic carbocycles. The molecule has 0 radical (unpaired) electrons. The van der Waals surface area contributed by atoms with Crippen LogP contribution in [-0.2, 0) is 25.5 Å². The van der Waals surface area contributed by atoms with Crippen LogP contribution in [0.1, 0.15) is 96.8 Å². The van der Waals surface area contributed by atoms with Crippen LogP contribution in [0.3, 0.4) is 0 Å². The van der Waals surface area contributed by atoms with Crippen molar-refractivity contribution in [1.82, 2.24) is 5.32 Å². The van der Waals surface area contributed by atoms with Gasteiger partial charge in [0.25, 0.3) is 5.91 Å². The van der Waals surface area contributed by atoms with Gasteiger partial charge in [-0.1, -0.05) is 58.3 Å². The van der Waals surface area contributed by atoms with Gasteiger partial charge in [-0.25, -0.2) is 0 Å². The van der Waals surface area contributed by atoms with Crippen LogP contribution in [0.25, 0.3) is 0 Å². The maximum absolute atomic E-state index is 11.8. The van der Waals surface area contributed by atoms with Crippen molar-refractivity contribution < 1.29 is 23.9 Å². The standard InChI is InChI=1S/C23H46N2O5S/c1-3-4-5-6-7-11-14-20-30-23(27)16-12-9-8-10-13-18-25(28)19-15-17-24-22(26)21-31(2)29/h25H,3-21H2,1-2H3,(H,24,26). The fourth-order valence-electron chi connectivity index (χ4n) is 3.31. The van der Waals surface area contributed by atoms with Crippen LogP contribution >= 0.6 is 0 Å². The van der Waals surface area contributed by atoms with E-state index in [0.717, 1.165) is 44.9 Å². The summed E-state index contributed by atoms with van der Waals surface area (Å²) >= 11 is -1.13. The number of carbonyl (C=O) groups is 2. The molecule has 0 bridgehead atoms. The highest BCUT2D eigenvalue weighted by molar-refractivity contribution is 7.91. The van der Waals surface area contributed by atoms with Gasteiger partial charge in [0.2, 0.25) is 0 Å². The third kappa shape index (κ3) is 23.7. The van der Waals surface area contributed by atoms with Gasteiger partial charge in [0.15, 0.2) is 5.75 Å². The van der Waals surface area contributed by atoms with Gasteiger partial charge in [0.1, 0.15) is 0 Å². The fourth-order valence-corrected chi connectivity index (χ4v) is 3.78. The fraction of sp³-hybridized carbons (Fsp3) is 0.913. The largest absolute Gasteiger partial charge is 0.634 e. The Bertz CT molecular complexity index is 438. The van der Waals surface area contributed by atoms with Crippen molar-refractivity contribution in [3.63, 3.8) is 0 Å². The molecule has 0 spiro atoms. The molecule has 31 heavy (non-hydrogen) atoms. The number of amides is 1. The van der Waals surface area contributed by atoms with Gasteiger partial charge in [-0.05, 0) is 36.9 Å². The van der Waals surface area contributed by atoms with E-state index in [0.29, 0.717) is 39.1 Å². The third-order valence-electron chi connectivity index (χ3n) is 5.14. The molecule has 2 atom stereocenters. The lowest BCUT2D eigenvalue weighted by Gasteiger charge is -2.22. The summed E-state index contributed by atoms with van der Waals surface area (Å²) < 4.78 is 16.2. The first-order chi connectivity index (χ1) is 15.0. The molecule has 7 nitrogen and oxygen atoms in total. The Labute approximate surface area is 192 Å². The molecule has 0 saturated heterocycles. The topological polar surface area (TPSA) is 106 Å². The number of unbranched alkanes of at least 4 members (excludes halogenated alkanes) is 10. The van der Waals surface area contributed by atoms with E-state index >= 15 is 0 Å². The van der Waals surface area contributed by atoms with Crippen LogP contribution in [0.2, 0.25) is 0 Å². The van der Waals surface area contributed by atoms with Crippen molar-refractivity contribution >= 4 is 23.1 Å². The van der Waals surface area contributed by atoms with E-state index in [1.165, 1.54) is 38.4 Å². The molecule has 0 aliphatic carbocycles. The molecular weight excluding hydrogens is 416 g/mol. The Morgan fingerprint density at radius 1 is 0.871 bits per heavy atom. The summed E-state index contributed by atoms with van der Waals surface area (Å²) in [5.74, 6) is -0.293. The second-order valence-corrected chi connectivity index (χ2v) is 9.75. The lowest BCUT2D eigenvalue weighted by Crippen LogP contribution is -3.07. The van der Waals surface area contributed by atoms with Crippen LogP contribution in [-0.4, -0.2) is 54.7 Å². The molecule has 0 rings (SSSR count). The highest BCUT2D eigenvalue weighted by Crippen LogP contribution is 2.08. The molecule has 0 aromatic rings. The van der Waals surface area contributed by atoms with Crippen LogP contribution in [0.5, 0.6) is 0 Å². The summed E-state index contributed by atoms with van der Waals surface area (Å²) in [5, 5.41) is 14.7. The SMILES string of the molecule is CCCCCCCCCOC(=O)CCCCCCC[NH+]([O-])CCCNC(=O)C[S+](C)[O-]. The minimum atomic E-state index is -1.13. The van der Waals surface area contributed by atoms with E-state index in [4.69, 9.17) is 4.74 Å². The summed E-state index contributed by atoms with van der Waals surface area (Å²) in [7, 11) is 0. The third-order valence-corrected chi connectivity index (χ3v) is 5.81. The predicted molar refractivity (Wildman–Crippen MR) is 127 cm³/mol. The van der Waals surface area contributed by atoms with Crippen LogP contribution in [0, 0.1) is 5.21 Å². The van der Waals surface area contributed by atoms with E-state index in [-0.39, 0.29) is 22.7 Å². The molecule has 0 aliphatic rings. The summed E-state index contributed by atoms with van der Waals surface area (Å²) in [4.78, 5) is 23.0. The van der Waals surface area contributed by atoms with Gasteiger partial charge in [0.05, 0.1) is 26.0 Å². The number of hydroxylamine groups is 2. The van der Waals surface area contributed by atoms with Crippen molar-refractivity contribution in [2.24, 2.45) is 0 Å². The zero-order valence-electron chi connectivity index (χ0n) is 19.9. The predicted octanol–water partition coefficient (Wildman–Crippen LogP) is 2.89. The molecule has 1 amide bonds. The van der Waals surface area contributed by atoms with Gasteiger partial charge in [0, 0.05) is 19.4 Å². The van der Waals surface area contributed by atoms with Gasteiger partial charge < -0.3 is 24.9 Å². The maximum Gasteiger partial charge on any atom is 0.305 e. The molecule has 0 fully saturated rings. The van der Waals surface area contributed by atoms with Crippen molar-refractivity contribution in [2.45, 2.75) is 96.8 Å². The highest BCUT2D eigenvalue weighted by atomic mass is 32.2. The molecule has 184 valence electrons. The lowest BCUT2D eigenvalue weighted by molar-refractivity contribution is -0.848. The zero-order valence-corrected chi connectivity index (χ0v) is 20.7.